The average Bonchev–Trinajstić information content (AvgIpc) is 3.17. The lowest BCUT2D eigenvalue weighted by Crippen LogP contribution is -2.19. The van der Waals surface area contributed by atoms with Gasteiger partial charge in [0.15, 0.2) is 11.0 Å². The molecule has 0 N–H and O–H groups in total. The minimum absolute atomic E-state index is 0.696. The first kappa shape index (κ1) is 20.2. The fraction of sp³-hybridized carbons (Fsp3) is 0.304. The standard InChI is InChI=1S/C23H26N4S/c1-3-4-17-26(2)18-11-12-19-28-23-25-24-22(20-13-7-5-8-14-20)27(23)21-15-9-6-10-16-21/h5-10,13-16H,3-4,17-19H2,1-2H3. The number of rotatable bonds is 8. The summed E-state index contributed by atoms with van der Waals surface area (Å²) in [6.07, 6.45) is 2.43. The molecular weight excluding hydrogens is 364 g/mol. The van der Waals surface area contributed by atoms with Crippen LogP contribution in [0.1, 0.15) is 19.8 Å². The van der Waals surface area contributed by atoms with E-state index in [1.54, 1.807) is 11.8 Å². The number of unbranched alkanes of at least 4 members (excludes halogenated alkanes) is 1. The van der Waals surface area contributed by atoms with Crippen molar-refractivity contribution in [2.45, 2.75) is 24.9 Å². The van der Waals surface area contributed by atoms with Crippen LogP contribution in [0.3, 0.4) is 0 Å². The third kappa shape index (κ3) is 5.48. The van der Waals surface area contributed by atoms with Crippen LogP contribution in [0.5, 0.6) is 0 Å². The molecule has 144 valence electrons. The first-order chi connectivity index (χ1) is 13.8. The van der Waals surface area contributed by atoms with E-state index in [-0.39, 0.29) is 0 Å². The molecule has 2 aromatic carbocycles. The number of hydrogen-bond donors (Lipinski definition) is 0. The van der Waals surface area contributed by atoms with Crippen LogP contribution >= 0.6 is 11.8 Å². The molecule has 0 spiro atoms. The van der Waals surface area contributed by atoms with Crippen molar-refractivity contribution in [2.75, 3.05) is 25.9 Å². The van der Waals surface area contributed by atoms with Crippen molar-refractivity contribution < 1.29 is 0 Å². The highest BCUT2D eigenvalue weighted by Gasteiger charge is 2.15. The highest BCUT2D eigenvalue weighted by atomic mass is 32.2. The van der Waals surface area contributed by atoms with Gasteiger partial charge in [-0.05, 0) is 32.1 Å². The zero-order valence-corrected chi connectivity index (χ0v) is 17.3. The van der Waals surface area contributed by atoms with Gasteiger partial charge >= 0.3 is 0 Å². The summed E-state index contributed by atoms with van der Waals surface area (Å²) in [4.78, 5) is 2.27. The van der Waals surface area contributed by atoms with Crippen LogP contribution < -0.4 is 0 Å². The lowest BCUT2D eigenvalue weighted by molar-refractivity contribution is 0.367. The summed E-state index contributed by atoms with van der Waals surface area (Å²) in [5.41, 5.74) is 2.11. The van der Waals surface area contributed by atoms with E-state index >= 15 is 0 Å². The predicted octanol–water partition coefficient (Wildman–Crippen LogP) is 4.76. The van der Waals surface area contributed by atoms with Gasteiger partial charge in [0.2, 0.25) is 0 Å². The molecule has 0 aliphatic carbocycles. The lowest BCUT2D eigenvalue weighted by Gasteiger charge is -2.11. The molecule has 28 heavy (non-hydrogen) atoms. The van der Waals surface area contributed by atoms with Gasteiger partial charge in [0, 0.05) is 11.3 Å². The molecule has 0 saturated heterocycles. The number of para-hydroxylation sites is 1. The van der Waals surface area contributed by atoms with Crippen molar-refractivity contribution in [2.24, 2.45) is 0 Å². The summed E-state index contributed by atoms with van der Waals surface area (Å²) < 4.78 is 2.11. The third-order valence-corrected chi connectivity index (χ3v) is 5.13. The number of aromatic nitrogens is 3. The monoisotopic (exact) mass is 390 g/mol. The van der Waals surface area contributed by atoms with Gasteiger partial charge in [0.05, 0.1) is 12.3 Å². The van der Waals surface area contributed by atoms with E-state index in [4.69, 9.17) is 0 Å². The molecule has 0 fully saturated rings. The summed E-state index contributed by atoms with van der Waals surface area (Å²) in [5.74, 6) is 8.06. The zero-order chi connectivity index (χ0) is 19.6. The van der Waals surface area contributed by atoms with Crippen LogP contribution in [0, 0.1) is 11.8 Å². The van der Waals surface area contributed by atoms with Gasteiger partial charge in [0.25, 0.3) is 0 Å². The second kappa shape index (κ2) is 10.7. The van der Waals surface area contributed by atoms with Crippen LogP contribution in [0.25, 0.3) is 17.1 Å². The SMILES string of the molecule is CCCCN(C)CC#CCSc1nnc(-c2ccccc2)n1-c1ccccc1. The van der Waals surface area contributed by atoms with Crippen molar-refractivity contribution in [1.82, 2.24) is 19.7 Å². The van der Waals surface area contributed by atoms with Crippen LogP contribution in [0.15, 0.2) is 65.8 Å². The quantitative estimate of drug-likeness (QED) is 0.410. The fourth-order valence-corrected chi connectivity index (χ4v) is 3.52. The van der Waals surface area contributed by atoms with Gasteiger partial charge in [-0.25, -0.2) is 0 Å². The van der Waals surface area contributed by atoms with Gasteiger partial charge < -0.3 is 0 Å². The molecule has 3 rings (SSSR count). The largest absolute Gasteiger partial charge is 0.295 e. The second-order valence-corrected chi connectivity index (χ2v) is 7.52. The summed E-state index contributed by atoms with van der Waals surface area (Å²) in [5, 5.41) is 9.76. The number of nitrogens with zero attached hydrogens (tertiary/aromatic N) is 4. The Morgan fingerprint density at radius 2 is 1.68 bits per heavy atom. The van der Waals surface area contributed by atoms with E-state index in [2.05, 4.69) is 69.7 Å². The fourth-order valence-electron chi connectivity index (χ4n) is 2.80. The Hall–Kier alpha value is -2.55. The smallest absolute Gasteiger partial charge is 0.197 e. The molecule has 4 nitrogen and oxygen atoms in total. The maximum atomic E-state index is 4.46. The van der Waals surface area contributed by atoms with Gasteiger partial charge in [-0.1, -0.05) is 85.5 Å². The van der Waals surface area contributed by atoms with Gasteiger partial charge in [0.1, 0.15) is 0 Å². The molecule has 0 saturated carbocycles. The van der Waals surface area contributed by atoms with Crippen molar-refractivity contribution in [3.63, 3.8) is 0 Å². The predicted molar refractivity (Wildman–Crippen MR) is 118 cm³/mol. The first-order valence-electron chi connectivity index (χ1n) is 9.63. The Morgan fingerprint density at radius 3 is 2.39 bits per heavy atom. The minimum atomic E-state index is 0.696. The number of hydrogen-bond acceptors (Lipinski definition) is 4. The van der Waals surface area contributed by atoms with Gasteiger partial charge in [-0.3, -0.25) is 9.47 Å². The molecule has 1 heterocycles. The highest BCUT2D eigenvalue weighted by Crippen LogP contribution is 2.27. The maximum Gasteiger partial charge on any atom is 0.197 e. The van der Waals surface area contributed by atoms with Gasteiger partial charge in [-0.15, -0.1) is 10.2 Å². The summed E-state index contributed by atoms with van der Waals surface area (Å²) in [7, 11) is 2.12. The maximum absolute atomic E-state index is 4.46. The van der Waals surface area contributed by atoms with Crippen molar-refractivity contribution >= 4 is 11.8 Å². The van der Waals surface area contributed by atoms with E-state index in [1.807, 2.05) is 36.4 Å². The normalized spacial score (nSPS) is 10.7. The number of benzene rings is 2. The highest BCUT2D eigenvalue weighted by molar-refractivity contribution is 7.99. The van der Waals surface area contributed by atoms with Gasteiger partial charge in [-0.2, -0.15) is 0 Å². The average molecular weight is 391 g/mol. The van der Waals surface area contributed by atoms with Crippen molar-refractivity contribution in [3.05, 3.63) is 60.7 Å². The molecule has 0 aliphatic rings. The van der Waals surface area contributed by atoms with E-state index in [9.17, 15) is 0 Å². The topological polar surface area (TPSA) is 34.0 Å². The van der Waals surface area contributed by atoms with Crippen molar-refractivity contribution in [1.29, 1.82) is 0 Å². The van der Waals surface area contributed by atoms with E-state index in [0.29, 0.717) is 5.75 Å². The molecule has 0 amide bonds. The lowest BCUT2D eigenvalue weighted by atomic mass is 10.2. The molecule has 3 aromatic rings. The third-order valence-electron chi connectivity index (χ3n) is 4.32. The van der Waals surface area contributed by atoms with Crippen LogP contribution in [0.4, 0.5) is 0 Å². The molecular formula is C23H26N4S. The molecule has 0 unspecified atom stereocenters. The molecule has 0 atom stereocenters. The Kier molecular flexibility index (Phi) is 7.71. The summed E-state index contributed by atoms with van der Waals surface area (Å²) in [6.45, 7) is 4.12. The van der Waals surface area contributed by atoms with Crippen LogP contribution in [-0.4, -0.2) is 45.6 Å². The first-order valence-corrected chi connectivity index (χ1v) is 10.6. The number of thioether (sulfide) groups is 1. The molecule has 1 aromatic heterocycles. The molecule has 0 radical (unpaired) electrons. The molecule has 0 aliphatic heterocycles. The molecule has 5 heteroatoms. The van der Waals surface area contributed by atoms with E-state index in [0.717, 1.165) is 35.3 Å². The summed E-state index contributed by atoms with van der Waals surface area (Å²) >= 11 is 1.62. The minimum Gasteiger partial charge on any atom is -0.295 e. The molecule has 0 bridgehead atoms. The Balaban J connectivity index is 1.74. The Morgan fingerprint density at radius 1 is 0.964 bits per heavy atom. The van der Waals surface area contributed by atoms with E-state index < -0.39 is 0 Å². The Bertz CT molecular complexity index is 910. The van der Waals surface area contributed by atoms with Crippen LogP contribution in [-0.2, 0) is 0 Å². The van der Waals surface area contributed by atoms with E-state index in [1.165, 1.54) is 12.8 Å². The summed E-state index contributed by atoms with van der Waals surface area (Å²) in [6, 6.07) is 20.4. The zero-order valence-electron chi connectivity index (χ0n) is 16.5. The second-order valence-electron chi connectivity index (χ2n) is 6.58. The van der Waals surface area contributed by atoms with Crippen LogP contribution in [0.2, 0.25) is 0 Å². The van der Waals surface area contributed by atoms with Crippen molar-refractivity contribution in [3.8, 4) is 28.9 Å². The Labute approximate surface area is 172 Å².